The molecule has 2 aromatic carbocycles. The van der Waals surface area contributed by atoms with Crippen LogP contribution >= 0.6 is 0 Å². The number of halogens is 2. The van der Waals surface area contributed by atoms with Crippen molar-refractivity contribution in [2.24, 2.45) is 5.84 Å². The van der Waals surface area contributed by atoms with E-state index in [1.165, 1.54) is 6.07 Å². The monoisotopic (exact) mass is 276 g/mol. The zero-order valence-electron chi connectivity index (χ0n) is 11.6. The smallest absolute Gasteiger partial charge is 0.128 e. The van der Waals surface area contributed by atoms with Gasteiger partial charge in [-0.05, 0) is 44.0 Å². The van der Waals surface area contributed by atoms with Crippen molar-refractivity contribution >= 4 is 0 Å². The van der Waals surface area contributed by atoms with Crippen LogP contribution in [-0.2, 0) is 6.42 Å². The minimum atomic E-state index is -0.470. The number of aryl methyl sites for hydroxylation is 2. The molecule has 0 bridgehead atoms. The highest BCUT2D eigenvalue weighted by atomic mass is 19.1. The maximum absolute atomic E-state index is 13.8. The molecule has 4 heteroatoms. The molecule has 1 atom stereocenters. The molecule has 1 unspecified atom stereocenters. The molecule has 20 heavy (non-hydrogen) atoms. The van der Waals surface area contributed by atoms with Crippen LogP contribution in [-0.4, -0.2) is 0 Å². The summed E-state index contributed by atoms with van der Waals surface area (Å²) in [6.45, 7) is 4.01. The lowest BCUT2D eigenvalue weighted by molar-refractivity contribution is 0.502. The van der Waals surface area contributed by atoms with E-state index in [0.29, 0.717) is 6.42 Å². The Hall–Kier alpha value is -1.78. The van der Waals surface area contributed by atoms with Crippen LogP contribution in [0.2, 0.25) is 0 Å². The Morgan fingerprint density at radius 3 is 2.30 bits per heavy atom. The van der Waals surface area contributed by atoms with Crippen LogP contribution in [0.1, 0.15) is 28.3 Å². The second kappa shape index (κ2) is 6.11. The Labute approximate surface area is 117 Å². The number of rotatable bonds is 4. The van der Waals surface area contributed by atoms with Gasteiger partial charge in [-0.25, -0.2) is 8.78 Å². The lowest BCUT2D eigenvalue weighted by atomic mass is 9.96. The van der Waals surface area contributed by atoms with Gasteiger partial charge in [-0.15, -0.1) is 0 Å². The highest BCUT2D eigenvalue weighted by molar-refractivity contribution is 5.31. The molecule has 106 valence electrons. The summed E-state index contributed by atoms with van der Waals surface area (Å²) >= 11 is 0. The first kappa shape index (κ1) is 14.6. The molecule has 3 N–H and O–H groups in total. The van der Waals surface area contributed by atoms with E-state index in [0.717, 1.165) is 28.8 Å². The number of benzene rings is 2. The third-order valence-corrected chi connectivity index (χ3v) is 3.26. The van der Waals surface area contributed by atoms with Crippen LogP contribution in [0.15, 0.2) is 36.4 Å². The van der Waals surface area contributed by atoms with Crippen molar-refractivity contribution < 1.29 is 8.78 Å². The summed E-state index contributed by atoms with van der Waals surface area (Å²) in [5.41, 5.74) is 6.12. The molecule has 2 nitrogen and oxygen atoms in total. The largest absolute Gasteiger partial charge is 0.271 e. The van der Waals surface area contributed by atoms with Crippen molar-refractivity contribution in [3.8, 4) is 0 Å². The summed E-state index contributed by atoms with van der Waals surface area (Å²) in [6, 6.07) is 9.05. The molecule has 2 aromatic rings. The molecule has 0 heterocycles. The van der Waals surface area contributed by atoms with Crippen molar-refractivity contribution in [3.05, 3.63) is 70.3 Å². The summed E-state index contributed by atoms with van der Waals surface area (Å²) in [7, 11) is 0. The Kier molecular flexibility index (Phi) is 4.47. The van der Waals surface area contributed by atoms with Gasteiger partial charge in [-0.3, -0.25) is 11.3 Å². The zero-order valence-corrected chi connectivity index (χ0v) is 11.6. The zero-order chi connectivity index (χ0) is 14.7. The summed E-state index contributed by atoms with van der Waals surface area (Å²) in [6.07, 6.45) is 0.499. The van der Waals surface area contributed by atoms with Crippen LogP contribution in [0.3, 0.4) is 0 Å². The van der Waals surface area contributed by atoms with Gasteiger partial charge in [0.05, 0.1) is 6.04 Å². The average molecular weight is 276 g/mol. The van der Waals surface area contributed by atoms with Crippen molar-refractivity contribution in [2.75, 3.05) is 0 Å². The lowest BCUT2D eigenvalue weighted by Crippen LogP contribution is -2.30. The number of hydrogen-bond acceptors (Lipinski definition) is 2. The van der Waals surface area contributed by atoms with E-state index in [-0.39, 0.29) is 5.56 Å². The minimum absolute atomic E-state index is 0.242. The van der Waals surface area contributed by atoms with Crippen LogP contribution in [0.25, 0.3) is 0 Å². The van der Waals surface area contributed by atoms with E-state index >= 15 is 0 Å². The molecule has 0 amide bonds. The molecular formula is C16H18F2N2. The van der Waals surface area contributed by atoms with Crippen LogP contribution in [0.4, 0.5) is 8.78 Å². The van der Waals surface area contributed by atoms with Crippen molar-refractivity contribution in [3.63, 3.8) is 0 Å². The van der Waals surface area contributed by atoms with Gasteiger partial charge >= 0.3 is 0 Å². The second-order valence-corrected chi connectivity index (χ2v) is 5.09. The van der Waals surface area contributed by atoms with E-state index in [4.69, 9.17) is 5.84 Å². The quantitative estimate of drug-likeness (QED) is 0.664. The van der Waals surface area contributed by atoms with Crippen molar-refractivity contribution in [2.45, 2.75) is 26.3 Å². The molecule has 0 radical (unpaired) electrons. The van der Waals surface area contributed by atoms with Crippen LogP contribution < -0.4 is 11.3 Å². The Balaban J connectivity index is 2.31. The first-order valence-electron chi connectivity index (χ1n) is 6.48. The molecule has 0 saturated heterocycles. The van der Waals surface area contributed by atoms with Crippen LogP contribution in [0.5, 0.6) is 0 Å². The van der Waals surface area contributed by atoms with E-state index in [1.54, 1.807) is 0 Å². The van der Waals surface area contributed by atoms with Gasteiger partial charge in [-0.2, -0.15) is 0 Å². The fourth-order valence-electron chi connectivity index (χ4n) is 2.46. The van der Waals surface area contributed by atoms with Gasteiger partial charge in [0.15, 0.2) is 0 Å². The van der Waals surface area contributed by atoms with E-state index in [1.807, 2.05) is 26.0 Å². The van der Waals surface area contributed by atoms with Gasteiger partial charge in [0, 0.05) is 5.56 Å². The number of nitrogens with two attached hydrogens (primary N) is 1. The molecule has 0 aliphatic rings. The normalized spacial score (nSPS) is 12.4. The van der Waals surface area contributed by atoms with E-state index in [9.17, 15) is 8.78 Å². The molecule has 2 rings (SSSR count). The molecular weight excluding hydrogens is 258 g/mol. The summed E-state index contributed by atoms with van der Waals surface area (Å²) in [4.78, 5) is 0. The minimum Gasteiger partial charge on any atom is -0.271 e. The number of hydrogen-bond donors (Lipinski definition) is 2. The SMILES string of the molecule is Cc1cc(C)cc(CC(NN)c2cc(F)ccc2F)c1. The van der Waals surface area contributed by atoms with Gasteiger partial charge in [-0.1, -0.05) is 29.3 Å². The van der Waals surface area contributed by atoms with E-state index < -0.39 is 17.7 Å². The Bertz CT molecular complexity index is 591. The highest BCUT2D eigenvalue weighted by Gasteiger charge is 2.16. The van der Waals surface area contributed by atoms with Crippen LogP contribution in [0, 0.1) is 25.5 Å². The van der Waals surface area contributed by atoms with Crippen molar-refractivity contribution in [1.29, 1.82) is 0 Å². The summed E-state index contributed by atoms with van der Waals surface area (Å²) in [5, 5.41) is 0. The summed E-state index contributed by atoms with van der Waals surface area (Å²) in [5.74, 6) is 4.58. The fourth-order valence-corrected chi connectivity index (χ4v) is 2.46. The molecule has 0 aliphatic carbocycles. The third kappa shape index (κ3) is 3.40. The average Bonchev–Trinajstić information content (AvgIpc) is 2.38. The Morgan fingerprint density at radius 2 is 1.70 bits per heavy atom. The maximum atomic E-state index is 13.8. The number of nitrogens with one attached hydrogen (secondary N) is 1. The fraction of sp³-hybridized carbons (Fsp3) is 0.250. The predicted octanol–water partition coefficient (Wildman–Crippen LogP) is 3.33. The first-order chi connectivity index (χ1) is 9.49. The Morgan fingerprint density at radius 1 is 1.05 bits per heavy atom. The predicted molar refractivity (Wildman–Crippen MR) is 76.0 cm³/mol. The third-order valence-electron chi connectivity index (χ3n) is 3.26. The lowest BCUT2D eigenvalue weighted by Gasteiger charge is -2.18. The van der Waals surface area contributed by atoms with Gasteiger partial charge in [0.25, 0.3) is 0 Å². The maximum Gasteiger partial charge on any atom is 0.128 e. The molecule has 0 spiro atoms. The first-order valence-corrected chi connectivity index (χ1v) is 6.48. The molecule has 0 fully saturated rings. The molecule has 0 aromatic heterocycles. The van der Waals surface area contributed by atoms with Crippen molar-refractivity contribution in [1.82, 2.24) is 5.43 Å². The standard InChI is InChI=1S/C16H18F2N2/c1-10-5-11(2)7-12(6-10)8-16(20-19)14-9-13(17)3-4-15(14)18/h3-7,9,16,20H,8,19H2,1-2H3. The summed E-state index contributed by atoms with van der Waals surface area (Å²) < 4.78 is 27.1. The number of hydrazine groups is 1. The van der Waals surface area contributed by atoms with Gasteiger partial charge in [0.2, 0.25) is 0 Å². The molecule has 0 aliphatic heterocycles. The second-order valence-electron chi connectivity index (χ2n) is 5.09. The molecule has 0 saturated carbocycles. The highest BCUT2D eigenvalue weighted by Crippen LogP contribution is 2.22. The van der Waals surface area contributed by atoms with E-state index in [2.05, 4.69) is 11.5 Å². The van der Waals surface area contributed by atoms with Gasteiger partial charge < -0.3 is 0 Å². The topological polar surface area (TPSA) is 38.0 Å². The van der Waals surface area contributed by atoms with Gasteiger partial charge in [0.1, 0.15) is 11.6 Å².